The standard InChI is InChI=1S/C10H8F2N2O/c11-6-1-2-9(12)8(3-6)10-14-7(4-13)5-15-10/h1-3,5H,4,13H2. The number of nitrogens with two attached hydrogens (primary N) is 1. The lowest BCUT2D eigenvalue weighted by molar-refractivity contribution is 0.555. The van der Waals surface area contributed by atoms with Crippen LogP contribution in [0.1, 0.15) is 5.69 Å². The summed E-state index contributed by atoms with van der Waals surface area (Å²) in [6.45, 7) is 0.195. The Kier molecular flexibility index (Phi) is 2.47. The zero-order valence-corrected chi connectivity index (χ0v) is 7.71. The van der Waals surface area contributed by atoms with E-state index in [2.05, 4.69) is 4.98 Å². The summed E-state index contributed by atoms with van der Waals surface area (Å²) in [5, 5.41) is 0. The molecule has 0 unspecified atom stereocenters. The summed E-state index contributed by atoms with van der Waals surface area (Å²) in [6.07, 6.45) is 1.32. The van der Waals surface area contributed by atoms with Crippen LogP contribution >= 0.6 is 0 Å². The van der Waals surface area contributed by atoms with E-state index in [1.54, 1.807) is 0 Å². The van der Waals surface area contributed by atoms with Crippen molar-refractivity contribution >= 4 is 0 Å². The molecule has 0 aliphatic heterocycles. The van der Waals surface area contributed by atoms with Gasteiger partial charge in [0.2, 0.25) is 5.89 Å². The molecule has 0 saturated carbocycles. The molecule has 0 amide bonds. The zero-order valence-electron chi connectivity index (χ0n) is 7.71. The second kappa shape index (κ2) is 3.78. The normalized spacial score (nSPS) is 10.6. The highest BCUT2D eigenvalue weighted by Gasteiger charge is 2.11. The molecular weight excluding hydrogens is 202 g/mol. The summed E-state index contributed by atoms with van der Waals surface area (Å²) < 4.78 is 31.1. The first-order valence-electron chi connectivity index (χ1n) is 4.30. The first-order valence-corrected chi connectivity index (χ1v) is 4.30. The highest BCUT2D eigenvalue weighted by molar-refractivity contribution is 5.54. The third-order valence-electron chi connectivity index (χ3n) is 1.92. The fourth-order valence-electron chi connectivity index (χ4n) is 1.19. The lowest BCUT2D eigenvalue weighted by Crippen LogP contribution is -1.96. The van der Waals surface area contributed by atoms with Crippen molar-refractivity contribution < 1.29 is 13.2 Å². The number of halogens is 2. The predicted molar refractivity (Wildman–Crippen MR) is 49.7 cm³/mol. The Labute approximate surface area is 84.5 Å². The van der Waals surface area contributed by atoms with Gasteiger partial charge in [-0.25, -0.2) is 13.8 Å². The molecule has 0 bridgehead atoms. The Hall–Kier alpha value is -1.75. The van der Waals surface area contributed by atoms with Gasteiger partial charge in [0.1, 0.15) is 17.9 Å². The Balaban J connectivity index is 2.48. The van der Waals surface area contributed by atoms with Crippen molar-refractivity contribution in [1.29, 1.82) is 0 Å². The Bertz CT molecular complexity index is 482. The van der Waals surface area contributed by atoms with Crippen LogP contribution < -0.4 is 5.73 Å². The molecule has 2 rings (SSSR count). The summed E-state index contributed by atoms with van der Waals surface area (Å²) >= 11 is 0. The highest BCUT2D eigenvalue weighted by atomic mass is 19.1. The minimum atomic E-state index is -0.582. The molecule has 0 saturated heterocycles. The average Bonchev–Trinajstić information content (AvgIpc) is 2.70. The number of aromatic nitrogens is 1. The molecule has 15 heavy (non-hydrogen) atoms. The third kappa shape index (κ3) is 1.87. The molecule has 78 valence electrons. The Morgan fingerprint density at radius 2 is 2.13 bits per heavy atom. The van der Waals surface area contributed by atoms with Crippen LogP contribution in [-0.4, -0.2) is 4.98 Å². The molecule has 3 nitrogen and oxygen atoms in total. The van der Waals surface area contributed by atoms with Crippen molar-refractivity contribution in [1.82, 2.24) is 4.98 Å². The molecule has 5 heteroatoms. The number of nitrogens with zero attached hydrogens (tertiary/aromatic N) is 1. The quantitative estimate of drug-likeness (QED) is 0.825. The van der Waals surface area contributed by atoms with Gasteiger partial charge in [-0.05, 0) is 18.2 Å². The largest absolute Gasteiger partial charge is 0.444 e. The minimum Gasteiger partial charge on any atom is -0.444 e. The summed E-state index contributed by atoms with van der Waals surface area (Å²) in [5.41, 5.74) is 5.81. The average molecular weight is 210 g/mol. The molecule has 0 aliphatic rings. The van der Waals surface area contributed by atoms with Gasteiger partial charge in [-0.2, -0.15) is 0 Å². The molecule has 2 aromatic rings. The molecule has 0 atom stereocenters. The van der Waals surface area contributed by atoms with Gasteiger partial charge in [-0.1, -0.05) is 0 Å². The molecular formula is C10H8F2N2O. The first-order chi connectivity index (χ1) is 7.20. The molecule has 1 heterocycles. The van der Waals surface area contributed by atoms with Gasteiger partial charge in [0.15, 0.2) is 0 Å². The maximum atomic E-state index is 13.3. The lowest BCUT2D eigenvalue weighted by Gasteiger charge is -1.97. The lowest BCUT2D eigenvalue weighted by atomic mass is 10.2. The van der Waals surface area contributed by atoms with E-state index < -0.39 is 11.6 Å². The van der Waals surface area contributed by atoms with E-state index in [0.717, 1.165) is 18.2 Å². The second-order valence-corrected chi connectivity index (χ2v) is 2.97. The van der Waals surface area contributed by atoms with Crippen molar-refractivity contribution in [3.05, 3.63) is 41.8 Å². The second-order valence-electron chi connectivity index (χ2n) is 2.97. The van der Waals surface area contributed by atoms with Crippen LogP contribution in [0.15, 0.2) is 28.9 Å². The van der Waals surface area contributed by atoms with Crippen molar-refractivity contribution in [3.8, 4) is 11.5 Å². The van der Waals surface area contributed by atoms with Crippen LogP contribution in [0.25, 0.3) is 11.5 Å². The van der Waals surface area contributed by atoms with Crippen LogP contribution in [0.3, 0.4) is 0 Å². The number of oxazole rings is 1. The predicted octanol–water partition coefficient (Wildman–Crippen LogP) is 2.08. The summed E-state index contributed by atoms with van der Waals surface area (Å²) in [4.78, 5) is 3.90. The van der Waals surface area contributed by atoms with Gasteiger partial charge in [-0.3, -0.25) is 0 Å². The maximum absolute atomic E-state index is 13.3. The van der Waals surface area contributed by atoms with Crippen molar-refractivity contribution in [2.45, 2.75) is 6.54 Å². The van der Waals surface area contributed by atoms with E-state index in [4.69, 9.17) is 10.2 Å². The van der Waals surface area contributed by atoms with Gasteiger partial charge < -0.3 is 10.2 Å². The fraction of sp³-hybridized carbons (Fsp3) is 0.100. The van der Waals surface area contributed by atoms with E-state index in [9.17, 15) is 8.78 Å². The van der Waals surface area contributed by atoms with Gasteiger partial charge >= 0.3 is 0 Å². The molecule has 1 aromatic heterocycles. The van der Waals surface area contributed by atoms with E-state index >= 15 is 0 Å². The molecule has 2 N–H and O–H groups in total. The minimum absolute atomic E-state index is 0.00491. The SMILES string of the molecule is NCc1coc(-c2cc(F)ccc2F)n1. The zero-order chi connectivity index (χ0) is 10.8. The smallest absolute Gasteiger partial charge is 0.229 e. The summed E-state index contributed by atoms with van der Waals surface area (Å²) in [7, 11) is 0. The van der Waals surface area contributed by atoms with E-state index in [0.29, 0.717) is 5.69 Å². The molecule has 1 aromatic carbocycles. The maximum Gasteiger partial charge on any atom is 0.229 e. The summed E-state index contributed by atoms with van der Waals surface area (Å²) in [6, 6.07) is 3.09. The van der Waals surface area contributed by atoms with Crippen molar-refractivity contribution in [2.24, 2.45) is 5.73 Å². The van der Waals surface area contributed by atoms with E-state index in [-0.39, 0.29) is 18.0 Å². The number of benzene rings is 1. The van der Waals surface area contributed by atoms with Gasteiger partial charge in [0.25, 0.3) is 0 Å². The Morgan fingerprint density at radius 1 is 1.33 bits per heavy atom. The molecule has 0 aliphatic carbocycles. The summed E-state index contributed by atoms with van der Waals surface area (Å²) in [5.74, 6) is -1.09. The number of hydrogen-bond acceptors (Lipinski definition) is 3. The van der Waals surface area contributed by atoms with Crippen LogP contribution in [0, 0.1) is 11.6 Å². The monoisotopic (exact) mass is 210 g/mol. The molecule has 0 fully saturated rings. The fourth-order valence-corrected chi connectivity index (χ4v) is 1.19. The molecule has 0 spiro atoms. The van der Waals surface area contributed by atoms with E-state index in [1.807, 2.05) is 0 Å². The van der Waals surface area contributed by atoms with E-state index in [1.165, 1.54) is 6.26 Å². The highest BCUT2D eigenvalue weighted by Crippen LogP contribution is 2.22. The van der Waals surface area contributed by atoms with Gasteiger partial charge in [0, 0.05) is 6.54 Å². The van der Waals surface area contributed by atoms with Gasteiger partial charge in [0.05, 0.1) is 11.3 Å². The van der Waals surface area contributed by atoms with Gasteiger partial charge in [-0.15, -0.1) is 0 Å². The van der Waals surface area contributed by atoms with Crippen LogP contribution in [0.2, 0.25) is 0 Å². The Morgan fingerprint density at radius 3 is 2.80 bits per heavy atom. The van der Waals surface area contributed by atoms with Crippen molar-refractivity contribution in [2.75, 3.05) is 0 Å². The van der Waals surface area contributed by atoms with Crippen LogP contribution in [0.5, 0.6) is 0 Å². The topological polar surface area (TPSA) is 52.0 Å². The number of rotatable bonds is 2. The first kappa shape index (κ1) is 9.79. The third-order valence-corrected chi connectivity index (χ3v) is 1.92. The molecule has 0 radical (unpaired) electrons. The van der Waals surface area contributed by atoms with Crippen LogP contribution in [-0.2, 0) is 6.54 Å². The number of hydrogen-bond donors (Lipinski definition) is 1. The van der Waals surface area contributed by atoms with Crippen LogP contribution in [0.4, 0.5) is 8.78 Å². The van der Waals surface area contributed by atoms with Crippen molar-refractivity contribution in [3.63, 3.8) is 0 Å².